The van der Waals surface area contributed by atoms with Gasteiger partial charge in [-0.05, 0) is 85.0 Å². The van der Waals surface area contributed by atoms with E-state index in [1.54, 1.807) is 0 Å². The summed E-state index contributed by atoms with van der Waals surface area (Å²) in [5.74, 6) is 1.33. The Morgan fingerprint density at radius 3 is 2.38 bits per heavy atom. The largest absolute Gasteiger partial charge is 0.512 e. The molecule has 1 radical (unpaired) electrons. The molecule has 0 atom stereocenters. The minimum atomic E-state index is -0.125. The number of aryl methyl sites for hydroxylation is 1. The number of nitrogens with zero attached hydrogens (tertiary/aromatic N) is 1. The fourth-order valence-electron chi connectivity index (χ4n) is 6.07. The molecular formula is C35H34IrNO3-. The SMILES string of the molecule is CC(=O)/C=C(/C)O.Cc1[c-]c(-c2ncc(C3CC3)c3cc(C4CCCC4)ccc23)c2oc3ccccc3c2c1.[Ir]. The first kappa shape index (κ1) is 28.3. The molecule has 1 N–H and O–H groups in total. The summed E-state index contributed by atoms with van der Waals surface area (Å²) in [6.07, 6.45) is 11.3. The van der Waals surface area contributed by atoms with Gasteiger partial charge in [0.1, 0.15) is 5.58 Å². The third-order valence-corrected chi connectivity index (χ3v) is 7.98. The number of aliphatic hydroxyl groups is 1. The second-order valence-corrected chi connectivity index (χ2v) is 11.2. The summed E-state index contributed by atoms with van der Waals surface area (Å²) < 4.78 is 6.37. The van der Waals surface area contributed by atoms with Crippen LogP contribution in [0.3, 0.4) is 0 Å². The van der Waals surface area contributed by atoms with Gasteiger partial charge in [-0.3, -0.25) is 4.79 Å². The van der Waals surface area contributed by atoms with Crippen molar-refractivity contribution in [1.82, 2.24) is 4.98 Å². The van der Waals surface area contributed by atoms with Crippen molar-refractivity contribution in [3.8, 4) is 11.3 Å². The van der Waals surface area contributed by atoms with E-state index in [1.165, 1.54) is 80.3 Å². The van der Waals surface area contributed by atoms with Crippen molar-refractivity contribution >= 4 is 38.5 Å². The van der Waals surface area contributed by atoms with E-state index in [9.17, 15) is 4.79 Å². The summed E-state index contributed by atoms with van der Waals surface area (Å²) in [6.45, 7) is 4.96. The molecule has 40 heavy (non-hydrogen) atoms. The third-order valence-electron chi connectivity index (χ3n) is 7.98. The zero-order valence-corrected chi connectivity index (χ0v) is 25.6. The zero-order chi connectivity index (χ0) is 27.1. The van der Waals surface area contributed by atoms with Crippen molar-refractivity contribution in [3.05, 3.63) is 89.3 Å². The first-order valence-electron chi connectivity index (χ1n) is 14.0. The number of rotatable bonds is 4. The molecule has 0 amide bonds. The van der Waals surface area contributed by atoms with E-state index in [2.05, 4.69) is 55.6 Å². The molecule has 5 aromatic rings. The number of hydrogen-bond donors (Lipinski definition) is 1. The van der Waals surface area contributed by atoms with Crippen molar-refractivity contribution in [3.63, 3.8) is 0 Å². The smallest absolute Gasteiger partial charge is 0.155 e. The number of pyridine rings is 1. The minimum Gasteiger partial charge on any atom is -0.512 e. The number of para-hydroxylation sites is 1. The van der Waals surface area contributed by atoms with Crippen molar-refractivity contribution < 1.29 is 34.4 Å². The second-order valence-electron chi connectivity index (χ2n) is 11.2. The van der Waals surface area contributed by atoms with E-state index in [0.717, 1.165) is 44.7 Å². The fraction of sp³-hybridized carbons (Fsp3) is 0.314. The van der Waals surface area contributed by atoms with Crippen LogP contribution in [0.2, 0.25) is 0 Å². The van der Waals surface area contributed by atoms with Crippen LogP contribution in [-0.4, -0.2) is 15.9 Å². The van der Waals surface area contributed by atoms with Gasteiger partial charge in [-0.25, -0.2) is 0 Å². The Morgan fingerprint density at radius 1 is 0.950 bits per heavy atom. The van der Waals surface area contributed by atoms with E-state index < -0.39 is 0 Å². The van der Waals surface area contributed by atoms with Gasteiger partial charge in [-0.2, -0.15) is 0 Å². The van der Waals surface area contributed by atoms with Crippen LogP contribution in [-0.2, 0) is 24.9 Å². The molecule has 2 saturated carbocycles. The molecule has 207 valence electrons. The van der Waals surface area contributed by atoms with Crippen LogP contribution in [0, 0.1) is 13.0 Å². The van der Waals surface area contributed by atoms with Gasteiger partial charge in [0.2, 0.25) is 0 Å². The van der Waals surface area contributed by atoms with Crippen molar-refractivity contribution in [2.24, 2.45) is 0 Å². The Balaban J connectivity index is 0.000000362. The van der Waals surface area contributed by atoms with Crippen LogP contribution in [0.4, 0.5) is 0 Å². The Kier molecular flexibility index (Phi) is 8.26. The van der Waals surface area contributed by atoms with Crippen LogP contribution in [0.1, 0.15) is 80.9 Å². The maximum atomic E-state index is 10.0. The average Bonchev–Trinajstić information content (AvgIpc) is 3.46. The molecule has 2 fully saturated rings. The Labute approximate surface area is 248 Å². The van der Waals surface area contributed by atoms with Crippen molar-refractivity contribution in [1.29, 1.82) is 0 Å². The molecule has 3 aromatic carbocycles. The number of aromatic nitrogens is 1. The first-order chi connectivity index (χ1) is 18.9. The standard InChI is InChI=1S/C30H26NO.C5H8O2.Ir/c1-18-14-25-22-8-4-5-9-28(22)32-30(25)26(15-18)29-23-13-12-21(19-6-2-3-7-19)16-24(23)27(17-31-29)20-10-11-20;1-4(6)3-5(2)7;/h4-5,8-9,12-14,16-17,19-20H,2-3,6-7,10-11H2,1H3;3,6H,1-2H3;/q-1;;/b;4-3-;. The number of carbonyl (C=O) groups excluding carboxylic acids is 1. The summed E-state index contributed by atoms with van der Waals surface area (Å²) in [7, 11) is 0. The number of ketones is 1. The molecule has 2 aliphatic carbocycles. The van der Waals surface area contributed by atoms with Gasteiger partial charge in [0.05, 0.1) is 11.3 Å². The fourth-order valence-corrected chi connectivity index (χ4v) is 6.07. The first-order valence-corrected chi connectivity index (χ1v) is 14.0. The molecule has 2 heterocycles. The average molecular weight is 709 g/mol. The molecule has 0 spiro atoms. The van der Waals surface area contributed by atoms with Gasteiger partial charge in [0.25, 0.3) is 0 Å². The Hall–Kier alpha value is -3.27. The van der Waals surface area contributed by atoms with E-state index in [-0.39, 0.29) is 31.6 Å². The van der Waals surface area contributed by atoms with Gasteiger partial charge in [0.15, 0.2) is 5.78 Å². The van der Waals surface area contributed by atoms with E-state index in [1.807, 2.05) is 12.1 Å². The van der Waals surface area contributed by atoms with E-state index >= 15 is 0 Å². The molecule has 2 aliphatic rings. The molecular weight excluding hydrogens is 675 g/mol. The molecule has 0 bridgehead atoms. The number of furan rings is 1. The predicted octanol–water partition coefficient (Wildman–Crippen LogP) is 9.48. The topological polar surface area (TPSA) is 63.3 Å². The Morgan fingerprint density at radius 2 is 1.70 bits per heavy atom. The quantitative estimate of drug-likeness (QED) is 0.115. The van der Waals surface area contributed by atoms with Gasteiger partial charge in [-0.15, -0.1) is 17.7 Å². The van der Waals surface area contributed by atoms with Gasteiger partial charge in [0, 0.05) is 37.8 Å². The monoisotopic (exact) mass is 709 g/mol. The molecule has 0 saturated heterocycles. The maximum absolute atomic E-state index is 10.0. The Bertz CT molecular complexity index is 1730. The van der Waals surface area contributed by atoms with E-state index in [4.69, 9.17) is 14.5 Å². The third kappa shape index (κ3) is 5.64. The summed E-state index contributed by atoms with van der Waals surface area (Å²) in [5, 5.41) is 13.3. The number of aliphatic hydroxyl groups excluding tert-OH is 1. The van der Waals surface area contributed by atoms with Crippen LogP contribution >= 0.6 is 0 Å². The summed E-state index contributed by atoms with van der Waals surface area (Å²) in [5.41, 5.74) is 7.85. The van der Waals surface area contributed by atoms with Gasteiger partial charge < -0.3 is 14.5 Å². The second kappa shape index (κ2) is 11.7. The summed E-state index contributed by atoms with van der Waals surface area (Å²) in [6, 6.07) is 21.2. The molecule has 0 unspecified atom stereocenters. The number of carbonyl (C=O) groups is 1. The van der Waals surface area contributed by atoms with Crippen molar-refractivity contribution in [2.45, 2.75) is 71.1 Å². The predicted molar refractivity (Wildman–Crippen MR) is 158 cm³/mol. The van der Waals surface area contributed by atoms with Crippen LogP contribution < -0.4 is 0 Å². The zero-order valence-electron chi connectivity index (χ0n) is 23.2. The molecule has 4 nitrogen and oxygen atoms in total. The van der Waals surface area contributed by atoms with Gasteiger partial charge >= 0.3 is 0 Å². The molecule has 7 rings (SSSR count). The number of benzene rings is 3. The maximum Gasteiger partial charge on any atom is 0.155 e. The van der Waals surface area contributed by atoms with Crippen LogP contribution in [0.5, 0.6) is 0 Å². The minimum absolute atomic E-state index is 0. The number of allylic oxidation sites excluding steroid dienone is 2. The molecule has 5 heteroatoms. The van der Waals surface area contributed by atoms with Crippen LogP contribution in [0.25, 0.3) is 44.0 Å². The molecule has 0 aliphatic heterocycles. The van der Waals surface area contributed by atoms with Crippen LogP contribution in [0.15, 0.2) is 71.0 Å². The summed E-state index contributed by atoms with van der Waals surface area (Å²) >= 11 is 0. The normalized spacial score (nSPS) is 15.7. The summed E-state index contributed by atoms with van der Waals surface area (Å²) in [4.78, 5) is 15.1. The van der Waals surface area contributed by atoms with Gasteiger partial charge in [-0.1, -0.05) is 67.1 Å². The van der Waals surface area contributed by atoms with Crippen molar-refractivity contribution in [2.75, 3.05) is 0 Å². The number of fused-ring (bicyclic) bond motifs is 4. The van der Waals surface area contributed by atoms with E-state index in [0.29, 0.717) is 5.92 Å². The molecule has 2 aromatic heterocycles. The number of hydrogen-bond acceptors (Lipinski definition) is 4.